The highest BCUT2D eigenvalue weighted by Gasteiger charge is 2.37. The van der Waals surface area contributed by atoms with E-state index in [2.05, 4.69) is 38.3 Å². The zero-order valence-corrected chi connectivity index (χ0v) is 18.4. The molecule has 3 N–H and O–H groups in total. The Kier molecular flexibility index (Phi) is 5.71. The van der Waals surface area contributed by atoms with Gasteiger partial charge in [0, 0.05) is 21.6 Å². The SMILES string of the molecule is Cc1cc(=N)n(C(=NC2CC(C)(C)NC(C)(C)C2)Nc2ccc(F)c(Cl)c2)s1. The van der Waals surface area contributed by atoms with E-state index in [4.69, 9.17) is 22.0 Å². The van der Waals surface area contributed by atoms with Gasteiger partial charge in [-0.1, -0.05) is 23.1 Å². The Labute approximate surface area is 174 Å². The topological polar surface area (TPSA) is 65.2 Å². The Morgan fingerprint density at radius 1 is 1.29 bits per heavy atom. The molecule has 1 aliphatic heterocycles. The largest absolute Gasteiger partial charge is 0.325 e. The Bertz CT molecular complexity index is 944. The molecule has 2 heterocycles. The molecule has 1 fully saturated rings. The summed E-state index contributed by atoms with van der Waals surface area (Å²) in [5.41, 5.74) is 0.907. The van der Waals surface area contributed by atoms with Crippen molar-refractivity contribution in [3.05, 3.63) is 45.5 Å². The second-order valence-electron chi connectivity index (χ2n) is 8.69. The molecule has 0 unspecified atom stereocenters. The van der Waals surface area contributed by atoms with Gasteiger partial charge in [-0.2, -0.15) is 0 Å². The van der Waals surface area contributed by atoms with Crippen molar-refractivity contribution < 1.29 is 4.39 Å². The van der Waals surface area contributed by atoms with Crippen molar-refractivity contribution in [2.75, 3.05) is 5.32 Å². The third-order valence-electron chi connectivity index (χ3n) is 4.64. The van der Waals surface area contributed by atoms with Crippen LogP contribution in [0.5, 0.6) is 0 Å². The first-order valence-corrected chi connectivity index (χ1v) is 10.4. The number of nitrogens with zero attached hydrogens (tertiary/aromatic N) is 2. The van der Waals surface area contributed by atoms with Crippen LogP contribution < -0.4 is 16.1 Å². The number of piperidine rings is 1. The van der Waals surface area contributed by atoms with Crippen molar-refractivity contribution >= 4 is 34.8 Å². The van der Waals surface area contributed by atoms with E-state index < -0.39 is 5.82 Å². The summed E-state index contributed by atoms with van der Waals surface area (Å²) < 4.78 is 15.3. The van der Waals surface area contributed by atoms with Crippen molar-refractivity contribution in [1.82, 2.24) is 9.27 Å². The molecule has 2 aromatic rings. The van der Waals surface area contributed by atoms with E-state index in [0.717, 1.165) is 17.7 Å². The van der Waals surface area contributed by atoms with Crippen molar-refractivity contribution in [2.45, 2.75) is 64.6 Å². The number of hydrogen-bond donors (Lipinski definition) is 3. The average molecular weight is 424 g/mol. The number of rotatable bonds is 2. The van der Waals surface area contributed by atoms with Gasteiger partial charge in [0.15, 0.2) is 0 Å². The van der Waals surface area contributed by atoms with Crippen LogP contribution in [0.25, 0.3) is 0 Å². The minimum absolute atomic E-state index is 0.0416. The van der Waals surface area contributed by atoms with Crippen molar-refractivity contribution in [3.8, 4) is 0 Å². The lowest BCUT2D eigenvalue weighted by atomic mass is 9.80. The van der Waals surface area contributed by atoms with E-state index in [1.165, 1.54) is 23.7 Å². The fraction of sp³-hybridized carbons (Fsp3) is 0.500. The lowest BCUT2D eigenvalue weighted by Gasteiger charge is -2.45. The molecule has 28 heavy (non-hydrogen) atoms. The van der Waals surface area contributed by atoms with E-state index >= 15 is 0 Å². The first-order valence-electron chi connectivity index (χ1n) is 9.28. The third-order valence-corrected chi connectivity index (χ3v) is 5.88. The van der Waals surface area contributed by atoms with Gasteiger partial charge in [-0.05, 0) is 71.7 Å². The summed E-state index contributed by atoms with van der Waals surface area (Å²) in [6, 6.07) is 6.37. The molecule has 1 aromatic heterocycles. The fourth-order valence-corrected chi connectivity index (χ4v) is 4.96. The lowest BCUT2D eigenvalue weighted by molar-refractivity contribution is 0.164. The zero-order chi connectivity index (χ0) is 20.7. The van der Waals surface area contributed by atoms with Gasteiger partial charge in [0.25, 0.3) is 0 Å². The molecule has 8 heteroatoms. The van der Waals surface area contributed by atoms with Gasteiger partial charge in [0.1, 0.15) is 11.3 Å². The molecule has 0 saturated carbocycles. The number of aromatic nitrogens is 1. The maximum atomic E-state index is 13.5. The smallest absolute Gasteiger partial charge is 0.218 e. The van der Waals surface area contributed by atoms with Gasteiger partial charge in [-0.15, -0.1) is 0 Å². The predicted octanol–water partition coefficient (Wildman–Crippen LogP) is 4.76. The quantitative estimate of drug-likeness (QED) is 0.481. The molecule has 0 amide bonds. The molecule has 0 radical (unpaired) electrons. The molecule has 1 aliphatic rings. The second kappa shape index (κ2) is 7.61. The van der Waals surface area contributed by atoms with Crippen LogP contribution in [-0.4, -0.2) is 27.0 Å². The molecule has 3 rings (SSSR count). The normalized spacial score (nSPS) is 19.6. The van der Waals surface area contributed by atoms with Crippen LogP contribution in [0.4, 0.5) is 10.1 Å². The number of hydrogen-bond acceptors (Lipinski definition) is 4. The van der Waals surface area contributed by atoms with Gasteiger partial charge in [0.05, 0.1) is 11.1 Å². The first-order chi connectivity index (χ1) is 12.9. The Balaban J connectivity index is 2.00. The van der Waals surface area contributed by atoms with E-state index in [1.807, 2.05) is 6.92 Å². The van der Waals surface area contributed by atoms with E-state index in [-0.39, 0.29) is 22.1 Å². The number of halogens is 2. The van der Waals surface area contributed by atoms with Crippen molar-refractivity contribution in [2.24, 2.45) is 4.99 Å². The molecular weight excluding hydrogens is 397 g/mol. The third kappa shape index (κ3) is 5.01. The van der Waals surface area contributed by atoms with Gasteiger partial charge >= 0.3 is 0 Å². The fourth-order valence-electron chi connectivity index (χ4n) is 4.00. The van der Waals surface area contributed by atoms with E-state index in [9.17, 15) is 4.39 Å². The highest BCUT2D eigenvalue weighted by Crippen LogP contribution is 2.30. The van der Waals surface area contributed by atoms with Gasteiger partial charge in [-0.3, -0.25) is 5.41 Å². The van der Waals surface area contributed by atoms with Gasteiger partial charge in [-0.25, -0.2) is 13.3 Å². The molecule has 0 bridgehead atoms. The molecule has 1 saturated heterocycles. The molecule has 0 atom stereocenters. The Hall–Kier alpha value is -1.70. The zero-order valence-electron chi connectivity index (χ0n) is 16.9. The standard InChI is InChI=1S/C20H27ClFN5S/c1-12-8-17(23)27(28-12)18(24-13-6-7-16(22)15(21)9-13)25-14-10-19(2,3)26-20(4,5)11-14/h6-9,14,23,26H,10-11H2,1-5H3,(H,24,25). The number of nitrogens with one attached hydrogen (secondary N) is 3. The summed E-state index contributed by atoms with van der Waals surface area (Å²) in [4.78, 5) is 6.02. The molecule has 152 valence electrons. The second-order valence-corrected chi connectivity index (χ2v) is 10.3. The van der Waals surface area contributed by atoms with Gasteiger partial charge < -0.3 is 10.6 Å². The van der Waals surface area contributed by atoms with Crippen LogP contribution in [0.15, 0.2) is 29.3 Å². The first kappa shape index (κ1) is 21.0. The molecule has 0 aliphatic carbocycles. The number of aryl methyl sites for hydroxylation is 1. The Morgan fingerprint density at radius 2 is 1.93 bits per heavy atom. The van der Waals surface area contributed by atoms with E-state index in [1.54, 1.807) is 16.1 Å². The molecule has 5 nitrogen and oxygen atoms in total. The summed E-state index contributed by atoms with van der Waals surface area (Å²) >= 11 is 7.39. The summed E-state index contributed by atoms with van der Waals surface area (Å²) in [7, 11) is 0. The number of benzene rings is 1. The number of anilines is 1. The summed E-state index contributed by atoms with van der Waals surface area (Å²) in [6.07, 6.45) is 1.76. The lowest BCUT2D eigenvalue weighted by Crippen LogP contribution is -2.59. The monoisotopic (exact) mass is 423 g/mol. The van der Waals surface area contributed by atoms with E-state index in [0.29, 0.717) is 17.1 Å². The van der Waals surface area contributed by atoms with Crippen LogP contribution in [0.2, 0.25) is 5.02 Å². The Morgan fingerprint density at radius 3 is 2.46 bits per heavy atom. The van der Waals surface area contributed by atoms with Crippen LogP contribution in [-0.2, 0) is 0 Å². The number of aliphatic imine (C=N–C) groups is 1. The molecule has 1 aromatic carbocycles. The van der Waals surface area contributed by atoms with Crippen LogP contribution in [0.1, 0.15) is 45.4 Å². The average Bonchev–Trinajstić information content (AvgIpc) is 2.86. The maximum absolute atomic E-state index is 13.5. The maximum Gasteiger partial charge on any atom is 0.218 e. The van der Waals surface area contributed by atoms with Crippen molar-refractivity contribution in [3.63, 3.8) is 0 Å². The highest BCUT2D eigenvalue weighted by molar-refractivity contribution is 7.07. The van der Waals surface area contributed by atoms with Gasteiger partial charge in [0.2, 0.25) is 5.96 Å². The van der Waals surface area contributed by atoms with Crippen LogP contribution >= 0.6 is 23.1 Å². The van der Waals surface area contributed by atoms with Crippen molar-refractivity contribution in [1.29, 1.82) is 5.41 Å². The minimum atomic E-state index is -0.464. The highest BCUT2D eigenvalue weighted by atomic mass is 35.5. The van der Waals surface area contributed by atoms with Crippen LogP contribution in [0.3, 0.4) is 0 Å². The molecule has 0 spiro atoms. The molecular formula is C20H27ClFN5S. The minimum Gasteiger partial charge on any atom is -0.325 e. The summed E-state index contributed by atoms with van der Waals surface area (Å²) in [6.45, 7) is 10.7. The summed E-state index contributed by atoms with van der Waals surface area (Å²) in [5.74, 6) is 0.0950. The summed E-state index contributed by atoms with van der Waals surface area (Å²) in [5, 5.41) is 15.3. The predicted molar refractivity (Wildman–Crippen MR) is 115 cm³/mol. The van der Waals surface area contributed by atoms with Crippen LogP contribution in [0, 0.1) is 18.2 Å².